The Bertz CT molecular complexity index is 1110. The van der Waals surface area contributed by atoms with Gasteiger partial charge in [0.1, 0.15) is 6.04 Å². The number of nitrogens with zero attached hydrogens (tertiary/aromatic N) is 3. The van der Waals surface area contributed by atoms with Crippen molar-refractivity contribution in [3.8, 4) is 0 Å². The van der Waals surface area contributed by atoms with E-state index in [9.17, 15) is 9.59 Å². The summed E-state index contributed by atoms with van der Waals surface area (Å²) in [5.74, 6) is 1.01. The number of benzene rings is 2. The van der Waals surface area contributed by atoms with E-state index < -0.39 is 6.04 Å². The van der Waals surface area contributed by atoms with E-state index in [-0.39, 0.29) is 24.3 Å². The zero-order valence-electron chi connectivity index (χ0n) is 17.8. The molecule has 0 spiro atoms. The van der Waals surface area contributed by atoms with Crippen molar-refractivity contribution in [1.82, 2.24) is 14.9 Å². The van der Waals surface area contributed by atoms with E-state index in [1.807, 2.05) is 64.1 Å². The lowest BCUT2D eigenvalue weighted by Crippen LogP contribution is -2.45. The number of amides is 2. The first-order valence-electron chi connectivity index (χ1n) is 11.2. The van der Waals surface area contributed by atoms with Gasteiger partial charge in [0, 0.05) is 12.6 Å². The van der Waals surface area contributed by atoms with Crippen LogP contribution >= 0.6 is 0 Å². The predicted octanol–water partition coefficient (Wildman–Crippen LogP) is 4.21. The third-order valence-electron chi connectivity index (χ3n) is 6.74. The Morgan fingerprint density at radius 1 is 1.06 bits per heavy atom. The monoisotopic (exact) mass is 416 g/mol. The maximum atomic E-state index is 13.6. The van der Waals surface area contributed by atoms with Gasteiger partial charge in [-0.2, -0.15) is 0 Å². The standard InChI is InChI=1S/C25H28N4O2/c1-17-9-5-7-13-20(17)29-24(31)22(15-23(30)26-16-18-10-3-2-4-11-18)28-21-14-8-6-12-19(21)27-25(28)29/h2-4,6,8,10-12,14,17,20,22H,5,7,9,13,15-16H2,1H3,(H,26,30)/t17-,20+,22+/m1/s1. The molecule has 6 nitrogen and oxygen atoms in total. The largest absolute Gasteiger partial charge is 0.352 e. The van der Waals surface area contributed by atoms with E-state index in [2.05, 4.69) is 12.2 Å². The zero-order valence-corrected chi connectivity index (χ0v) is 17.8. The second-order valence-electron chi connectivity index (χ2n) is 8.79. The predicted molar refractivity (Wildman–Crippen MR) is 121 cm³/mol. The average Bonchev–Trinajstić information content (AvgIpc) is 3.28. The minimum Gasteiger partial charge on any atom is -0.352 e. The van der Waals surface area contributed by atoms with Crippen molar-refractivity contribution < 1.29 is 9.59 Å². The van der Waals surface area contributed by atoms with E-state index >= 15 is 0 Å². The molecule has 2 aromatic carbocycles. The number of rotatable bonds is 5. The fraction of sp³-hybridized carbons (Fsp3) is 0.400. The van der Waals surface area contributed by atoms with Gasteiger partial charge in [-0.25, -0.2) is 4.98 Å². The molecule has 1 aliphatic carbocycles. The van der Waals surface area contributed by atoms with Crippen LogP contribution in [-0.4, -0.2) is 27.4 Å². The first-order valence-corrected chi connectivity index (χ1v) is 11.2. The van der Waals surface area contributed by atoms with Crippen molar-refractivity contribution in [3.63, 3.8) is 0 Å². The van der Waals surface area contributed by atoms with Crippen LogP contribution in [0.3, 0.4) is 0 Å². The number of carbonyl (C=O) groups excluding carboxylic acids is 2. The van der Waals surface area contributed by atoms with Crippen LogP contribution in [0.25, 0.3) is 11.0 Å². The van der Waals surface area contributed by atoms with Crippen LogP contribution in [0.1, 0.15) is 50.6 Å². The SMILES string of the molecule is C[C@@H]1CCCC[C@@H]1N1C(=O)[C@H](CC(=O)NCc2ccccc2)n2c1nc1ccccc12. The fourth-order valence-corrected chi connectivity index (χ4v) is 5.09. The van der Waals surface area contributed by atoms with Gasteiger partial charge in [0.2, 0.25) is 11.9 Å². The number of imidazole rings is 1. The molecule has 1 saturated carbocycles. The minimum atomic E-state index is -0.549. The molecule has 0 radical (unpaired) electrons. The number of carbonyl (C=O) groups is 2. The number of aromatic nitrogens is 2. The molecule has 5 rings (SSSR count). The third-order valence-corrected chi connectivity index (χ3v) is 6.74. The Morgan fingerprint density at radius 3 is 2.61 bits per heavy atom. The number of hydrogen-bond acceptors (Lipinski definition) is 3. The van der Waals surface area contributed by atoms with Crippen LogP contribution in [-0.2, 0) is 16.1 Å². The van der Waals surface area contributed by atoms with Crippen LogP contribution in [0.4, 0.5) is 5.95 Å². The highest BCUT2D eigenvalue weighted by Gasteiger charge is 2.45. The summed E-state index contributed by atoms with van der Waals surface area (Å²) in [5.41, 5.74) is 2.82. The molecular weight excluding hydrogens is 388 g/mol. The van der Waals surface area contributed by atoms with Gasteiger partial charge in [-0.3, -0.25) is 19.1 Å². The molecule has 0 bridgehead atoms. The molecule has 1 fully saturated rings. The maximum Gasteiger partial charge on any atom is 0.253 e. The van der Waals surface area contributed by atoms with Gasteiger partial charge in [0.15, 0.2) is 0 Å². The molecule has 2 amide bonds. The van der Waals surface area contributed by atoms with E-state index in [1.54, 1.807) is 0 Å². The molecule has 2 heterocycles. The molecule has 0 unspecified atom stereocenters. The quantitative estimate of drug-likeness (QED) is 0.678. The Balaban J connectivity index is 1.43. The first-order chi connectivity index (χ1) is 15.1. The summed E-state index contributed by atoms with van der Waals surface area (Å²) in [5, 5.41) is 2.98. The summed E-state index contributed by atoms with van der Waals surface area (Å²) in [6.07, 6.45) is 4.57. The fourth-order valence-electron chi connectivity index (χ4n) is 5.09. The smallest absolute Gasteiger partial charge is 0.253 e. The molecule has 0 saturated heterocycles. The van der Waals surface area contributed by atoms with Gasteiger partial charge in [-0.15, -0.1) is 0 Å². The Kier molecular flexibility index (Phi) is 5.22. The van der Waals surface area contributed by atoms with Crippen LogP contribution in [0.2, 0.25) is 0 Å². The molecular formula is C25H28N4O2. The summed E-state index contributed by atoms with van der Waals surface area (Å²) >= 11 is 0. The van der Waals surface area contributed by atoms with E-state index in [4.69, 9.17) is 4.98 Å². The Hall–Kier alpha value is -3.15. The van der Waals surface area contributed by atoms with E-state index in [0.717, 1.165) is 35.9 Å². The number of hydrogen-bond donors (Lipinski definition) is 1. The molecule has 1 N–H and O–H groups in total. The summed E-state index contributed by atoms with van der Waals surface area (Å²) in [6.45, 7) is 2.69. The summed E-state index contributed by atoms with van der Waals surface area (Å²) in [4.78, 5) is 33.1. The van der Waals surface area contributed by atoms with Crippen molar-refractivity contribution >= 4 is 28.8 Å². The van der Waals surface area contributed by atoms with Crippen LogP contribution in [0, 0.1) is 5.92 Å². The number of anilines is 1. The molecule has 6 heteroatoms. The summed E-state index contributed by atoms with van der Waals surface area (Å²) < 4.78 is 1.99. The molecule has 1 aromatic heterocycles. The second kappa shape index (κ2) is 8.17. The molecule has 1 aliphatic heterocycles. The third kappa shape index (κ3) is 3.60. The van der Waals surface area contributed by atoms with Gasteiger partial charge in [-0.05, 0) is 36.5 Å². The first kappa shape index (κ1) is 19.8. The van der Waals surface area contributed by atoms with Gasteiger partial charge in [0.25, 0.3) is 5.91 Å². The molecule has 31 heavy (non-hydrogen) atoms. The number of nitrogens with one attached hydrogen (secondary N) is 1. The lowest BCUT2D eigenvalue weighted by molar-refractivity contribution is -0.127. The second-order valence-corrected chi connectivity index (χ2v) is 8.79. The number of para-hydroxylation sites is 2. The summed E-state index contributed by atoms with van der Waals surface area (Å²) in [7, 11) is 0. The van der Waals surface area contributed by atoms with Gasteiger partial charge < -0.3 is 5.32 Å². The van der Waals surface area contributed by atoms with Gasteiger partial charge >= 0.3 is 0 Å². The van der Waals surface area contributed by atoms with Gasteiger partial charge in [0.05, 0.1) is 17.5 Å². The van der Waals surface area contributed by atoms with Crippen LogP contribution in [0.15, 0.2) is 54.6 Å². The van der Waals surface area contributed by atoms with Crippen molar-refractivity contribution in [2.24, 2.45) is 5.92 Å². The highest BCUT2D eigenvalue weighted by Crippen LogP contribution is 2.41. The highest BCUT2D eigenvalue weighted by atomic mass is 16.2. The molecule has 2 aliphatic rings. The van der Waals surface area contributed by atoms with Crippen LogP contribution in [0.5, 0.6) is 0 Å². The summed E-state index contributed by atoms with van der Waals surface area (Å²) in [6, 6.07) is 17.3. The van der Waals surface area contributed by atoms with Crippen molar-refractivity contribution in [3.05, 3.63) is 60.2 Å². The van der Waals surface area contributed by atoms with E-state index in [1.165, 1.54) is 6.42 Å². The normalized spacial score (nSPS) is 23.2. The van der Waals surface area contributed by atoms with E-state index in [0.29, 0.717) is 18.4 Å². The molecule has 3 aromatic rings. The highest BCUT2D eigenvalue weighted by molar-refractivity contribution is 6.04. The van der Waals surface area contributed by atoms with Crippen molar-refractivity contribution in [1.29, 1.82) is 0 Å². The van der Waals surface area contributed by atoms with Gasteiger partial charge in [-0.1, -0.05) is 62.2 Å². The maximum absolute atomic E-state index is 13.6. The molecule has 3 atom stereocenters. The topological polar surface area (TPSA) is 67.2 Å². The zero-order chi connectivity index (χ0) is 21.4. The van der Waals surface area contributed by atoms with Crippen LogP contribution < -0.4 is 10.2 Å². The minimum absolute atomic E-state index is 0.00173. The van der Waals surface area contributed by atoms with Crippen molar-refractivity contribution in [2.75, 3.05) is 4.90 Å². The Morgan fingerprint density at radius 2 is 1.81 bits per heavy atom. The Labute approximate surface area is 182 Å². The molecule has 160 valence electrons. The lowest BCUT2D eigenvalue weighted by atomic mass is 9.85. The average molecular weight is 417 g/mol. The lowest BCUT2D eigenvalue weighted by Gasteiger charge is -2.35. The number of fused-ring (bicyclic) bond motifs is 3. The van der Waals surface area contributed by atoms with Crippen molar-refractivity contribution in [2.45, 2.75) is 57.7 Å².